The van der Waals surface area contributed by atoms with E-state index in [1.165, 1.54) is 12.3 Å². The molecule has 1 N–H and O–H groups in total. The van der Waals surface area contributed by atoms with Crippen molar-refractivity contribution < 1.29 is 23.8 Å². The number of carbonyl (C=O) groups is 2. The SMILES string of the molecule is O=C(/C=C/C=C/c1ccc2c(c1)OCO2)NCCOC(=O)c1cccnc1. The topological polar surface area (TPSA) is 86.8 Å². The van der Waals surface area contributed by atoms with E-state index in [2.05, 4.69) is 10.3 Å². The molecule has 0 saturated carbocycles. The van der Waals surface area contributed by atoms with Gasteiger partial charge in [-0.05, 0) is 29.8 Å². The maximum atomic E-state index is 11.7. The minimum atomic E-state index is -0.473. The van der Waals surface area contributed by atoms with Crippen molar-refractivity contribution >= 4 is 18.0 Å². The third kappa shape index (κ3) is 5.43. The average molecular weight is 366 g/mol. The van der Waals surface area contributed by atoms with Gasteiger partial charge in [0.15, 0.2) is 11.5 Å². The van der Waals surface area contributed by atoms with Crippen molar-refractivity contribution in [2.45, 2.75) is 0 Å². The lowest BCUT2D eigenvalue weighted by Gasteiger charge is -2.04. The number of benzene rings is 1. The Bertz CT molecular complexity index is 862. The van der Waals surface area contributed by atoms with Gasteiger partial charge in [-0.1, -0.05) is 24.3 Å². The van der Waals surface area contributed by atoms with E-state index in [1.807, 2.05) is 24.3 Å². The predicted molar refractivity (Wildman–Crippen MR) is 98.3 cm³/mol. The number of allylic oxidation sites excluding steroid dienone is 2. The first kappa shape index (κ1) is 18.2. The summed E-state index contributed by atoms with van der Waals surface area (Å²) in [6.07, 6.45) is 9.62. The summed E-state index contributed by atoms with van der Waals surface area (Å²) in [5, 5.41) is 2.63. The third-order valence-corrected chi connectivity index (χ3v) is 3.58. The van der Waals surface area contributed by atoms with E-state index >= 15 is 0 Å². The molecule has 3 rings (SSSR count). The Labute approximate surface area is 156 Å². The van der Waals surface area contributed by atoms with Crippen LogP contribution in [0, 0.1) is 0 Å². The van der Waals surface area contributed by atoms with Gasteiger partial charge in [0.05, 0.1) is 12.1 Å². The van der Waals surface area contributed by atoms with Crippen LogP contribution in [0.3, 0.4) is 0 Å². The highest BCUT2D eigenvalue weighted by molar-refractivity contribution is 5.89. The van der Waals surface area contributed by atoms with Gasteiger partial charge in [-0.25, -0.2) is 4.79 Å². The van der Waals surface area contributed by atoms with Crippen molar-refractivity contribution in [3.8, 4) is 11.5 Å². The monoisotopic (exact) mass is 366 g/mol. The molecule has 0 saturated heterocycles. The van der Waals surface area contributed by atoms with Crippen molar-refractivity contribution in [1.29, 1.82) is 0 Å². The summed E-state index contributed by atoms with van der Waals surface area (Å²) in [5.41, 5.74) is 1.31. The van der Waals surface area contributed by atoms with Crippen molar-refractivity contribution in [1.82, 2.24) is 10.3 Å². The number of pyridine rings is 1. The Morgan fingerprint density at radius 3 is 2.93 bits per heavy atom. The van der Waals surface area contributed by atoms with Crippen LogP contribution in [0.15, 0.2) is 61.0 Å². The van der Waals surface area contributed by atoms with Crippen LogP contribution >= 0.6 is 0 Å². The summed E-state index contributed by atoms with van der Waals surface area (Å²) >= 11 is 0. The van der Waals surface area contributed by atoms with Gasteiger partial charge in [0.2, 0.25) is 12.7 Å². The molecular formula is C20H18N2O5. The summed E-state index contributed by atoms with van der Waals surface area (Å²) in [6, 6.07) is 8.87. The van der Waals surface area contributed by atoms with Gasteiger partial charge in [0.1, 0.15) is 6.61 Å². The van der Waals surface area contributed by atoms with Crippen LogP contribution in [0.25, 0.3) is 6.08 Å². The number of aromatic nitrogens is 1. The van der Waals surface area contributed by atoms with Crippen molar-refractivity contribution in [3.05, 3.63) is 72.1 Å². The average Bonchev–Trinajstić information content (AvgIpc) is 3.17. The van der Waals surface area contributed by atoms with Crippen LogP contribution in [-0.2, 0) is 9.53 Å². The maximum Gasteiger partial charge on any atom is 0.339 e. The van der Waals surface area contributed by atoms with Gasteiger partial charge in [0, 0.05) is 18.5 Å². The van der Waals surface area contributed by atoms with Crippen molar-refractivity contribution in [2.75, 3.05) is 19.9 Å². The molecule has 0 atom stereocenters. The van der Waals surface area contributed by atoms with Crippen LogP contribution < -0.4 is 14.8 Å². The van der Waals surface area contributed by atoms with Gasteiger partial charge in [0.25, 0.3) is 0 Å². The molecule has 7 nitrogen and oxygen atoms in total. The second-order valence-electron chi connectivity index (χ2n) is 5.50. The van der Waals surface area contributed by atoms with Crippen molar-refractivity contribution in [3.63, 3.8) is 0 Å². The number of nitrogens with zero attached hydrogens (tertiary/aromatic N) is 1. The number of hydrogen-bond acceptors (Lipinski definition) is 6. The van der Waals surface area contributed by atoms with Crippen LogP contribution in [0.5, 0.6) is 11.5 Å². The summed E-state index contributed by atoms with van der Waals surface area (Å²) in [5.74, 6) is 0.688. The second kappa shape index (κ2) is 9.19. The molecule has 1 aliphatic rings. The summed E-state index contributed by atoms with van der Waals surface area (Å²) < 4.78 is 15.6. The number of nitrogens with one attached hydrogen (secondary N) is 1. The van der Waals surface area contributed by atoms with E-state index < -0.39 is 5.97 Å². The fourth-order valence-corrected chi connectivity index (χ4v) is 2.27. The van der Waals surface area contributed by atoms with Gasteiger partial charge in [-0.15, -0.1) is 0 Å². The smallest absolute Gasteiger partial charge is 0.339 e. The third-order valence-electron chi connectivity index (χ3n) is 3.58. The normalized spacial score (nSPS) is 12.4. The minimum Gasteiger partial charge on any atom is -0.460 e. The molecule has 138 valence electrons. The number of carbonyl (C=O) groups excluding carboxylic acids is 2. The number of fused-ring (bicyclic) bond motifs is 1. The number of amides is 1. The molecule has 2 heterocycles. The standard InChI is InChI=1S/C20H18N2O5/c23-19(22-10-11-25-20(24)16-5-3-9-21-13-16)6-2-1-4-15-7-8-17-18(12-15)27-14-26-17/h1-9,12-13H,10-11,14H2,(H,22,23)/b4-1+,6-2+. The molecule has 2 aromatic rings. The van der Waals surface area contributed by atoms with E-state index in [-0.39, 0.29) is 25.9 Å². The van der Waals surface area contributed by atoms with E-state index in [4.69, 9.17) is 14.2 Å². The molecule has 0 radical (unpaired) electrons. The fourth-order valence-electron chi connectivity index (χ4n) is 2.27. The lowest BCUT2D eigenvalue weighted by atomic mass is 10.2. The minimum absolute atomic E-state index is 0.0837. The zero-order chi connectivity index (χ0) is 18.9. The molecule has 1 aromatic heterocycles. The molecule has 0 spiro atoms. The van der Waals surface area contributed by atoms with E-state index in [0.717, 1.165) is 11.3 Å². The molecule has 0 unspecified atom stereocenters. The fraction of sp³-hybridized carbons (Fsp3) is 0.150. The summed E-state index contributed by atoms with van der Waals surface area (Å²) in [4.78, 5) is 27.2. The van der Waals surface area contributed by atoms with E-state index in [1.54, 1.807) is 30.5 Å². The quantitative estimate of drug-likeness (QED) is 0.350. The van der Waals surface area contributed by atoms with Gasteiger partial charge in [-0.3, -0.25) is 9.78 Å². The number of rotatable bonds is 7. The van der Waals surface area contributed by atoms with Crippen LogP contribution in [0.4, 0.5) is 0 Å². The molecule has 0 fully saturated rings. The lowest BCUT2D eigenvalue weighted by Crippen LogP contribution is -2.26. The number of hydrogen-bond donors (Lipinski definition) is 1. The molecular weight excluding hydrogens is 348 g/mol. The Morgan fingerprint density at radius 1 is 1.19 bits per heavy atom. The first-order valence-electron chi connectivity index (χ1n) is 8.32. The molecule has 7 heteroatoms. The number of ether oxygens (including phenoxy) is 3. The first-order valence-corrected chi connectivity index (χ1v) is 8.32. The first-order chi connectivity index (χ1) is 13.2. The van der Waals surface area contributed by atoms with Gasteiger partial charge < -0.3 is 19.5 Å². The highest BCUT2D eigenvalue weighted by Gasteiger charge is 2.12. The summed E-state index contributed by atoms with van der Waals surface area (Å²) in [7, 11) is 0. The van der Waals surface area contributed by atoms with Crippen molar-refractivity contribution in [2.24, 2.45) is 0 Å². The molecule has 1 amide bonds. The molecule has 0 bridgehead atoms. The second-order valence-corrected chi connectivity index (χ2v) is 5.50. The largest absolute Gasteiger partial charge is 0.460 e. The van der Waals surface area contributed by atoms with Crippen LogP contribution in [0.2, 0.25) is 0 Å². The Balaban J connectivity index is 1.36. The molecule has 0 aliphatic carbocycles. The Kier molecular flexibility index (Phi) is 6.19. The maximum absolute atomic E-state index is 11.7. The van der Waals surface area contributed by atoms with Crippen LogP contribution in [0.1, 0.15) is 15.9 Å². The molecule has 27 heavy (non-hydrogen) atoms. The highest BCUT2D eigenvalue weighted by atomic mass is 16.7. The van der Waals surface area contributed by atoms with Crippen LogP contribution in [-0.4, -0.2) is 36.8 Å². The Morgan fingerprint density at radius 2 is 2.07 bits per heavy atom. The highest BCUT2D eigenvalue weighted by Crippen LogP contribution is 2.32. The van der Waals surface area contributed by atoms with E-state index in [0.29, 0.717) is 11.3 Å². The van der Waals surface area contributed by atoms with Gasteiger partial charge in [-0.2, -0.15) is 0 Å². The number of esters is 1. The zero-order valence-corrected chi connectivity index (χ0v) is 14.5. The zero-order valence-electron chi connectivity index (χ0n) is 14.5. The molecule has 1 aromatic carbocycles. The lowest BCUT2D eigenvalue weighted by molar-refractivity contribution is -0.116. The van der Waals surface area contributed by atoms with E-state index in [9.17, 15) is 9.59 Å². The predicted octanol–water partition coefficient (Wildman–Crippen LogP) is 2.35. The van der Waals surface area contributed by atoms with Gasteiger partial charge >= 0.3 is 5.97 Å². The Hall–Kier alpha value is -3.61. The summed E-state index contributed by atoms with van der Waals surface area (Å²) in [6.45, 7) is 0.543. The molecule has 1 aliphatic heterocycles.